The fourth-order valence-corrected chi connectivity index (χ4v) is 1.69. The number of aliphatic carboxylic acids is 1. The minimum atomic E-state index is -4.39. The molecule has 0 fully saturated rings. The zero-order chi connectivity index (χ0) is 19.0. The van der Waals surface area contributed by atoms with Crippen LogP contribution in [0.1, 0.15) is 12.5 Å². The van der Waals surface area contributed by atoms with Gasteiger partial charge in [-0.25, -0.2) is 4.79 Å². The summed E-state index contributed by atoms with van der Waals surface area (Å²) >= 11 is 0. The molecule has 1 unspecified atom stereocenters. The minimum absolute atomic E-state index is 0.255. The average molecular weight is 357 g/mol. The second-order valence-corrected chi connectivity index (χ2v) is 4.69. The highest BCUT2D eigenvalue weighted by molar-refractivity contribution is 5.72. The molecule has 0 heterocycles. The van der Waals surface area contributed by atoms with Crippen molar-refractivity contribution in [1.82, 2.24) is 0 Å². The molecule has 5 nitrogen and oxygen atoms in total. The highest BCUT2D eigenvalue weighted by Gasteiger charge is 2.30. The van der Waals surface area contributed by atoms with Gasteiger partial charge in [0, 0.05) is 0 Å². The van der Waals surface area contributed by atoms with E-state index in [1.807, 2.05) is 0 Å². The van der Waals surface area contributed by atoms with Crippen LogP contribution in [-0.4, -0.2) is 24.2 Å². The highest BCUT2D eigenvalue weighted by atomic mass is 19.4. The molecule has 2 aromatic carbocycles. The summed E-state index contributed by atoms with van der Waals surface area (Å²) in [6, 6.07) is 10.4. The van der Waals surface area contributed by atoms with Crippen LogP contribution in [-0.2, 0) is 11.0 Å². The minimum Gasteiger partial charge on any atom is -0.479 e. The first kappa shape index (κ1) is 20.3. The standard InChI is InChI=1S/C16H13F3O4.CH5N/c1-10(15(20)21)22-12-6-8-14(9-7-12)23-13-4-2-11(3-5-13)16(17,18)19;1-2/h2-10H,1H3,(H,20,21);2H2,1H3. The second kappa shape index (κ2) is 8.93. The number of ether oxygens (including phenoxy) is 2. The van der Waals surface area contributed by atoms with Crippen LogP contribution in [0, 0.1) is 0 Å². The zero-order valence-corrected chi connectivity index (χ0v) is 13.6. The third-order valence-corrected chi connectivity index (χ3v) is 2.90. The summed E-state index contributed by atoms with van der Waals surface area (Å²) in [7, 11) is 1.50. The van der Waals surface area contributed by atoms with E-state index in [1.165, 1.54) is 50.4 Å². The fraction of sp³-hybridized carbons (Fsp3) is 0.235. The Hall–Kier alpha value is -2.74. The van der Waals surface area contributed by atoms with E-state index in [9.17, 15) is 18.0 Å². The van der Waals surface area contributed by atoms with Crippen molar-refractivity contribution in [3.63, 3.8) is 0 Å². The summed E-state index contributed by atoms with van der Waals surface area (Å²) in [6.07, 6.45) is -5.38. The molecule has 0 saturated carbocycles. The molecule has 0 aliphatic carbocycles. The van der Waals surface area contributed by atoms with Gasteiger partial charge in [0.15, 0.2) is 6.10 Å². The van der Waals surface area contributed by atoms with E-state index in [0.717, 1.165) is 12.1 Å². The lowest BCUT2D eigenvalue weighted by molar-refractivity contribution is -0.144. The first-order valence-electron chi connectivity index (χ1n) is 7.18. The van der Waals surface area contributed by atoms with Gasteiger partial charge in [0.25, 0.3) is 0 Å². The van der Waals surface area contributed by atoms with Crippen LogP contribution >= 0.6 is 0 Å². The molecule has 0 amide bonds. The molecule has 1 atom stereocenters. The maximum absolute atomic E-state index is 12.5. The van der Waals surface area contributed by atoms with Gasteiger partial charge in [-0.05, 0) is 62.5 Å². The van der Waals surface area contributed by atoms with Crippen LogP contribution in [0.5, 0.6) is 17.2 Å². The number of hydrogen-bond donors (Lipinski definition) is 2. The first-order valence-corrected chi connectivity index (χ1v) is 7.18. The summed E-state index contributed by atoms with van der Waals surface area (Å²) in [5.74, 6) is -0.0968. The number of carboxylic acids is 1. The molecule has 2 rings (SSSR count). The Kier molecular flexibility index (Phi) is 7.25. The van der Waals surface area contributed by atoms with Crippen molar-refractivity contribution in [3.05, 3.63) is 54.1 Å². The molecule has 8 heteroatoms. The van der Waals surface area contributed by atoms with Crippen molar-refractivity contribution in [2.45, 2.75) is 19.2 Å². The largest absolute Gasteiger partial charge is 0.479 e. The molecule has 0 bridgehead atoms. The van der Waals surface area contributed by atoms with Crippen LogP contribution in [0.2, 0.25) is 0 Å². The van der Waals surface area contributed by atoms with Crippen LogP contribution < -0.4 is 15.2 Å². The lowest BCUT2D eigenvalue weighted by atomic mass is 10.2. The summed E-state index contributed by atoms with van der Waals surface area (Å²) in [5.41, 5.74) is 3.75. The van der Waals surface area contributed by atoms with Crippen LogP contribution in [0.3, 0.4) is 0 Å². The smallest absolute Gasteiger partial charge is 0.416 e. The number of alkyl halides is 3. The lowest BCUT2D eigenvalue weighted by Gasteiger charge is -2.11. The van der Waals surface area contributed by atoms with Crippen molar-refractivity contribution in [2.75, 3.05) is 7.05 Å². The van der Waals surface area contributed by atoms with Gasteiger partial charge in [-0.15, -0.1) is 0 Å². The molecule has 0 radical (unpaired) electrons. The number of rotatable bonds is 5. The molecule has 136 valence electrons. The van der Waals surface area contributed by atoms with E-state index in [-0.39, 0.29) is 5.75 Å². The molecule has 0 aliphatic rings. The molecule has 0 saturated heterocycles. The lowest BCUT2D eigenvalue weighted by Crippen LogP contribution is -2.22. The topological polar surface area (TPSA) is 81.8 Å². The Labute approximate surface area is 142 Å². The molecule has 25 heavy (non-hydrogen) atoms. The van der Waals surface area contributed by atoms with Gasteiger partial charge in [-0.2, -0.15) is 13.2 Å². The van der Waals surface area contributed by atoms with Crippen molar-refractivity contribution >= 4 is 5.97 Å². The SMILES string of the molecule is CC(Oc1ccc(Oc2ccc(C(F)(F)F)cc2)cc1)C(=O)O.CN. The third kappa shape index (κ3) is 6.34. The van der Waals surface area contributed by atoms with Crippen LogP contribution in [0.25, 0.3) is 0 Å². The maximum Gasteiger partial charge on any atom is 0.416 e. The predicted octanol–water partition coefficient (Wildman–Crippen LogP) is 3.92. The third-order valence-electron chi connectivity index (χ3n) is 2.90. The van der Waals surface area contributed by atoms with Crippen LogP contribution in [0.4, 0.5) is 13.2 Å². The van der Waals surface area contributed by atoms with Crippen molar-refractivity contribution in [2.24, 2.45) is 5.73 Å². The van der Waals surface area contributed by atoms with Gasteiger partial charge in [0.05, 0.1) is 5.56 Å². The molecular formula is C17H18F3NO4. The summed E-state index contributed by atoms with van der Waals surface area (Å²) in [6.45, 7) is 1.40. The van der Waals surface area contributed by atoms with Gasteiger partial charge in [0.2, 0.25) is 0 Å². The first-order chi connectivity index (χ1) is 11.8. The molecule has 0 aliphatic heterocycles. The van der Waals surface area contributed by atoms with E-state index in [2.05, 4.69) is 5.73 Å². The summed E-state index contributed by atoms with van der Waals surface area (Å²) in [5, 5.41) is 8.74. The van der Waals surface area contributed by atoms with Gasteiger partial charge < -0.3 is 20.3 Å². The van der Waals surface area contributed by atoms with Crippen molar-refractivity contribution in [3.8, 4) is 17.2 Å². The van der Waals surface area contributed by atoms with E-state index in [0.29, 0.717) is 11.5 Å². The predicted molar refractivity (Wildman–Crippen MR) is 85.8 cm³/mol. The average Bonchev–Trinajstić information content (AvgIpc) is 2.58. The normalized spacial score (nSPS) is 11.8. The Bertz CT molecular complexity index is 670. The molecule has 0 spiro atoms. The summed E-state index contributed by atoms with van der Waals surface area (Å²) < 4.78 is 47.9. The van der Waals surface area contributed by atoms with Crippen LogP contribution in [0.15, 0.2) is 48.5 Å². The fourth-order valence-electron chi connectivity index (χ4n) is 1.69. The second-order valence-electron chi connectivity index (χ2n) is 4.69. The van der Waals surface area contributed by atoms with E-state index in [1.54, 1.807) is 0 Å². The monoisotopic (exact) mass is 357 g/mol. The number of hydrogen-bond acceptors (Lipinski definition) is 4. The van der Waals surface area contributed by atoms with Crippen molar-refractivity contribution in [1.29, 1.82) is 0 Å². The van der Waals surface area contributed by atoms with E-state index < -0.39 is 23.8 Å². The molecular weight excluding hydrogens is 339 g/mol. The van der Waals surface area contributed by atoms with Gasteiger partial charge >= 0.3 is 12.1 Å². The molecule has 2 aromatic rings. The quantitative estimate of drug-likeness (QED) is 0.847. The summed E-state index contributed by atoms with van der Waals surface area (Å²) in [4.78, 5) is 10.7. The van der Waals surface area contributed by atoms with E-state index in [4.69, 9.17) is 14.6 Å². The van der Waals surface area contributed by atoms with Crippen molar-refractivity contribution < 1.29 is 32.5 Å². The Balaban J connectivity index is 0.00000151. The maximum atomic E-state index is 12.5. The number of carboxylic acid groups (broad SMARTS) is 1. The molecule has 3 N–H and O–H groups in total. The van der Waals surface area contributed by atoms with Gasteiger partial charge in [0.1, 0.15) is 17.2 Å². The zero-order valence-electron chi connectivity index (χ0n) is 13.6. The number of benzene rings is 2. The van der Waals surface area contributed by atoms with E-state index >= 15 is 0 Å². The number of nitrogens with two attached hydrogens (primary N) is 1. The molecule has 0 aromatic heterocycles. The Morgan fingerprint density at radius 2 is 1.36 bits per heavy atom. The van der Waals surface area contributed by atoms with Gasteiger partial charge in [-0.3, -0.25) is 0 Å². The number of halogens is 3. The Morgan fingerprint density at radius 1 is 0.960 bits per heavy atom. The highest BCUT2D eigenvalue weighted by Crippen LogP contribution is 2.31. The Morgan fingerprint density at radius 3 is 1.76 bits per heavy atom. The van der Waals surface area contributed by atoms with Gasteiger partial charge in [-0.1, -0.05) is 0 Å². The number of carbonyl (C=O) groups is 1.